The molecule has 0 saturated carbocycles. The summed E-state index contributed by atoms with van der Waals surface area (Å²) in [6.45, 7) is 2.03. The third-order valence-electron chi connectivity index (χ3n) is 2.87. The summed E-state index contributed by atoms with van der Waals surface area (Å²) in [5.41, 5.74) is 0.636. The van der Waals surface area contributed by atoms with Gasteiger partial charge in [0.25, 0.3) is 0 Å². The summed E-state index contributed by atoms with van der Waals surface area (Å²) >= 11 is 2.67. The second-order valence-corrected chi connectivity index (χ2v) is 6.72. The van der Waals surface area contributed by atoms with Crippen LogP contribution in [0.2, 0.25) is 0 Å². The largest absolute Gasteiger partial charge is 0.481 e. The average Bonchev–Trinajstić information content (AvgIpc) is 3.15. The molecule has 128 valence electrons. The predicted octanol–water partition coefficient (Wildman–Crippen LogP) is 2.78. The SMILES string of the molecule is CCOC(=O)Cc1sc(NC(=O)CCC(=O)O)nc1-c1cccs1. The Hall–Kier alpha value is -2.26. The maximum Gasteiger partial charge on any atom is 0.311 e. The lowest BCUT2D eigenvalue weighted by molar-refractivity contribution is -0.142. The molecule has 0 atom stereocenters. The summed E-state index contributed by atoms with van der Waals surface area (Å²) in [7, 11) is 0. The number of carbonyl (C=O) groups is 3. The van der Waals surface area contributed by atoms with Crippen LogP contribution >= 0.6 is 22.7 Å². The highest BCUT2D eigenvalue weighted by molar-refractivity contribution is 7.17. The fourth-order valence-electron chi connectivity index (χ4n) is 1.88. The zero-order chi connectivity index (χ0) is 17.5. The molecule has 0 aliphatic heterocycles. The minimum atomic E-state index is -1.04. The van der Waals surface area contributed by atoms with Gasteiger partial charge in [-0.25, -0.2) is 4.98 Å². The number of aliphatic carboxylic acids is 1. The third-order valence-corrected chi connectivity index (χ3v) is 4.72. The highest BCUT2D eigenvalue weighted by Gasteiger charge is 2.18. The van der Waals surface area contributed by atoms with E-state index in [9.17, 15) is 14.4 Å². The van der Waals surface area contributed by atoms with E-state index in [0.29, 0.717) is 22.3 Å². The van der Waals surface area contributed by atoms with E-state index in [1.807, 2.05) is 17.5 Å². The normalized spacial score (nSPS) is 10.4. The Balaban J connectivity index is 2.16. The number of thiophene rings is 1. The van der Waals surface area contributed by atoms with Crippen LogP contribution in [0.15, 0.2) is 17.5 Å². The number of hydrogen-bond acceptors (Lipinski definition) is 7. The molecule has 7 nitrogen and oxygen atoms in total. The first-order valence-electron chi connectivity index (χ1n) is 7.20. The molecule has 24 heavy (non-hydrogen) atoms. The lowest BCUT2D eigenvalue weighted by atomic mass is 10.2. The lowest BCUT2D eigenvalue weighted by Gasteiger charge is -2.00. The third kappa shape index (κ3) is 5.14. The summed E-state index contributed by atoms with van der Waals surface area (Å²) < 4.78 is 4.96. The van der Waals surface area contributed by atoms with Crippen LogP contribution in [0.4, 0.5) is 5.13 Å². The van der Waals surface area contributed by atoms with E-state index in [4.69, 9.17) is 9.84 Å². The number of anilines is 1. The molecule has 0 spiro atoms. The van der Waals surface area contributed by atoms with Crippen molar-refractivity contribution in [3.8, 4) is 10.6 Å². The Bertz CT molecular complexity index is 724. The van der Waals surface area contributed by atoms with Crippen LogP contribution in [-0.4, -0.2) is 34.5 Å². The summed E-state index contributed by atoms with van der Waals surface area (Å²) in [5.74, 6) is -1.82. The number of amides is 1. The van der Waals surface area contributed by atoms with Crippen molar-refractivity contribution in [3.63, 3.8) is 0 Å². The van der Waals surface area contributed by atoms with Crippen LogP contribution in [0.1, 0.15) is 24.6 Å². The average molecular weight is 368 g/mol. The quantitative estimate of drug-likeness (QED) is 0.694. The van der Waals surface area contributed by atoms with Crippen molar-refractivity contribution in [1.82, 2.24) is 4.98 Å². The molecule has 2 rings (SSSR count). The van der Waals surface area contributed by atoms with E-state index < -0.39 is 11.9 Å². The number of ether oxygens (including phenoxy) is 1. The van der Waals surface area contributed by atoms with Gasteiger partial charge >= 0.3 is 11.9 Å². The van der Waals surface area contributed by atoms with E-state index >= 15 is 0 Å². The number of thiazole rings is 1. The van der Waals surface area contributed by atoms with Gasteiger partial charge in [0, 0.05) is 11.3 Å². The summed E-state index contributed by atoms with van der Waals surface area (Å²) in [5, 5.41) is 13.4. The molecule has 0 aromatic carbocycles. The second kappa shape index (κ2) is 8.55. The maximum atomic E-state index is 11.8. The van der Waals surface area contributed by atoms with Crippen molar-refractivity contribution >= 4 is 45.7 Å². The molecular weight excluding hydrogens is 352 g/mol. The Morgan fingerprint density at radius 3 is 2.75 bits per heavy atom. The number of carboxylic acids is 1. The topological polar surface area (TPSA) is 106 Å². The van der Waals surface area contributed by atoms with Crippen molar-refractivity contribution in [3.05, 3.63) is 22.4 Å². The fraction of sp³-hybridized carbons (Fsp3) is 0.333. The molecule has 9 heteroatoms. The Kier molecular flexibility index (Phi) is 6.44. The number of esters is 1. The van der Waals surface area contributed by atoms with Gasteiger partial charge in [0.15, 0.2) is 5.13 Å². The molecule has 0 radical (unpaired) electrons. The van der Waals surface area contributed by atoms with Gasteiger partial charge in [0.2, 0.25) is 5.91 Å². The van der Waals surface area contributed by atoms with E-state index in [2.05, 4.69) is 10.3 Å². The van der Waals surface area contributed by atoms with Crippen molar-refractivity contribution in [1.29, 1.82) is 0 Å². The van der Waals surface area contributed by atoms with E-state index in [0.717, 1.165) is 4.88 Å². The molecule has 2 N–H and O–H groups in total. The number of nitrogens with one attached hydrogen (secondary N) is 1. The first-order valence-corrected chi connectivity index (χ1v) is 8.90. The van der Waals surface area contributed by atoms with Gasteiger partial charge in [-0.3, -0.25) is 14.4 Å². The van der Waals surface area contributed by atoms with E-state index in [1.54, 1.807) is 6.92 Å². The Labute approximate surface area is 146 Å². The molecule has 0 saturated heterocycles. The van der Waals surface area contributed by atoms with E-state index in [1.165, 1.54) is 22.7 Å². The monoisotopic (exact) mass is 368 g/mol. The fourth-order valence-corrected chi connectivity index (χ4v) is 3.66. The summed E-state index contributed by atoms with van der Waals surface area (Å²) in [6, 6.07) is 3.75. The molecule has 0 fully saturated rings. The molecule has 0 unspecified atom stereocenters. The first kappa shape index (κ1) is 18.1. The van der Waals surface area contributed by atoms with Crippen LogP contribution < -0.4 is 5.32 Å². The molecule has 2 aromatic heterocycles. The van der Waals surface area contributed by atoms with Crippen LogP contribution in [0.5, 0.6) is 0 Å². The summed E-state index contributed by atoms with van der Waals surface area (Å²) in [4.78, 5) is 40.0. The number of nitrogens with zero attached hydrogens (tertiary/aromatic N) is 1. The van der Waals surface area contributed by atoms with Gasteiger partial charge in [-0.2, -0.15) is 0 Å². The minimum Gasteiger partial charge on any atom is -0.481 e. The van der Waals surface area contributed by atoms with Crippen molar-refractivity contribution in [2.45, 2.75) is 26.2 Å². The second-order valence-electron chi connectivity index (χ2n) is 4.69. The van der Waals surface area contributed by atoms with Gasteiger partial charge < -0.3 is 15.2 Å². The number of carbonyl (C=O) groups excluding carboxylic acids is 2. The Morgan fingerprint density at radius 2 is 2.12 bits per heavy atom. The van der Waals surface area contributed by atoms with Gasteiger partial charge in [0.1, 0.15) is 0 Å². The highest BCUT2D eigenvalue weighted by Crippen LogP contribution is 2.34. The number of carboxylic acid groups (broad SMARTS) is 1. The molecule has 1 amide bonds. The zero-order valence-electron chi connectivity index (χ0n) is 12.9. The molecule has 0 aliphatic carbocycles. The van der Waals surface area contributed by atoms with Crippen molar-refractivity contribution in [2.24, 2.45) is 0 Å². The molecule has 0 aliphatic rings. The maximum absolute atomic E-state index is 11.8. The molecule has 2 heterocycles. The van der Waals surface area contributed by atoms with Crippen molar-refractivity contribution in [2.75, 3.05) is 11.9 Å². The number of hydrogen-bond donors (Lipinski definition) is 2. The van der Waals surface area contributed by atoms with Crippen LogP contribution in [0.3, 0.4) is 0 Å². The predicted molar refractivity (Wildman–Crippen MR) is 91.3 cm³/mol. The first-order chi connectivity index (χ1) is 11.5. The standard InChI is InChI=1S/C15H16N2O5S2/c1-2-22-13(21)8-10-14(9-4-3-7-23-9)17-15(24-10)16-11(18)5-6-12(19)20/h3-4,7H,2,5-6,8H2,1H3,(H,19,20)(H,16,17,18). The van der Waals surface area contributed by atoms with Gasteiger partial charge in [-0.1, -0.05) is 6.07 Å². The van der Waals surface area contributed by atoms with Crippen LogP contribution in [-0.2, 0) is 25.5 Å². The molecule has 0 bridgehead atoms. The van der Waals surface area contributed by atoms with Crippen LogP contribution in [0, 0.1) is 0 Å². The van der Waals surface area contributed by atoms with Crippen molar-refractivity contribution < 1.29 is 24.2 Å². The summed E-state index contributed by atoms with van der Waals surface area (Å²) in [6.07, 6.45) is -0.301. The van der Waals surface area contributed by atoms with Gasteiger partial charge in [-0.15, -0.1) is 22.7 Å². The smallest absolute Gasteiger partial charge is 0.311 e. The minimum absolute atomic E-state index is 0.0732. The van der Waals surface area contributed by atoms with E-state index in [-0.39, 0.29) is 25.2 Å². The number of aromatic nitrogens is 1. The zero-order valence-corrected chi connectivity index (χ0v) is 14.5. The molecule has 2 aromatic rings. The Morgan fingerprint density at radius 1 is 1.33 bits per heavy atom. The lowest BCUT2D eigenvalue weighted by Crippen LogP contribution is -2.12. The van der Waals surface area contributed by atoms with Gasteiger partial charge in [0.05, 0.1) is 30.0 Å². The van der Waals surface area contributed by atoms with Gasteiger partial charge in [-0.05, 0) is 18.4 Å². The number of rotatable bonds is 8. The van der Waals surface area contributed by atoms with Crippen LogP contribution in [0.25, 0.3) is 10.6 Å². The molecular formula is C15H16N2O5S2. The highest BCUT2D eigenvalue weighted by atomic mass is 32.1.